The van der Waals surface area contributed by atoms with E-state index in [1.54, 1.807) is 11.8 Å². The Morgan fingerprint density at radius 3 is 2.74 bits per heavy atom. The number of carbonyl (C=O) groups is 1. The fraction of sp³-hybridized carbons (Fsp3) is 0.429. The summed E-state index contributed by atoms with van der Waals surface area (Å²) >= 11 is 1.54. The molecule has 0 radical (unpaired) electrons. The Morgan fingerprint density at radius 1 is 1.47 bits per heavy atom. The molecule has 1 amide bonds. The van der Waals surface area contributed by atoms with Gasteiger partial charge < -0.3 is 11.1 Å². The molecule has 0 saturated carbocycles. The SMILES string of the molecule is CCC(N)CSCC(=O)Nc1ccc(CC#N)cc1. The summed E-state index contributed by atoms with van der Waals surface area (Å²) in [4.78, 5) is 11.7. The molecule has 0 aliphatic heterocycles. The van der Waals surface area contributed by atoms with Gasteiger partial charge in [-0.05, 0) is 24.1 Å². The van der Waals surface area contributed by atoms with Crippen LogP contribution in [0.25, 0.3) is 0 Å². The highest BCUT2D eigenvalue weighted by molar-refractivity contribution is 8.00. The largest absolute Gasteiger partial charge is 0.327 e. The van der Waals surface area contributed by atoms with Gasteiger partial charge in [-0.25, -0.2) is 0 Å². The van der Waals surface area contributed by atoms with E-state index >= 15 is 0 Å². The van der Waals surface area contributed by atoms with Crippen LogP contribution in [0.4, 0.5) is 5.69 Å². The van der Waals surface area contributed by atoms with Crippen LogP contribution in [-0.2, 0) is 11.2 Å². The van der Waals surface area contributed by atoms with Gasteiger partial charge in [0.2, 0.25) is 5.91 Å². The van der Waals surface area contributed by atoms with Crippen LogP contribution in [0, 0.1) is 11.3 Å². The number of hydrogen-bond acceptors (Lipinski definition) is 4. The molecule has 19 heavy (non-hydrogen) atoms. The van der Waals surface area contributed by atoms with Gasteiger partial charge in [0.25, 0.3) is 0 Å². The van der Waals surface area contributed by atoms with Gasteiger partial charge in [0.1, 0.15) is 0 Å². The molecule has 0 bridgehead atoms. The topological polar surface area (TPSA) is 78.9 Å². The van der Waals surface area contributed by atoms with Gasteiger partial charge in [-0.3, -0.25) is 4.79 Å². The molecule has 0 heterocycles. The number of nitrogens with two attached hydrogens (primary N) is 1. The van der Waals surface area contributed by atoms with Crippen LogP contribution in [-0.4, -0.2) is 23.5 Å². The average molecular weight is 277 g/mol. The minimum absolute atomic E-state index is 0.0265. The normalized spacial score (nSPS) is 11.6. The molecule has 0 saturated heterocycles. The van der Waals surface area contributed by atoms with Crippen molar-refractivity contribution in [2.45, 2.75) is 25.8 Å². The predicted molar refractivity (Wildman–Crippen MR) is 80.0 cm³/mol. The third kappa shape index (κ3) is 6.27. The zero-order valence-electron chi connectivity index (χ0n) is 11.1. The molecule has 0 aromatic heterocycles. The monoisotopic (exact) mass is 277 g/mol. The highest BCUT2D eigenvalue weighted by Crippen LogP contribution is 2.11. The molecule has 5 heteroatoms. The number of nitrogens with zero attached hydrogens (tertiary/aromatic N) is 1. The maximum Gasteiger partial charge on any atom is 0.234 e. The van der Waals surface area contributed by atoms with Crippen molar-refractivity contribution < 1.29 is 4.79 Å². The molecule has 3 N–H and O–H groups in total. The van der Waals surface area contributed by atoms with Crippen LogP contribution in [0.5, 0.6) is 0 Å². The summed E-state index contributed by atoms with van der Waals surface area (Å²) in [5, 5.41) is 11.4. The minimum Gasteiger partial charge on any atom is -0.327 e. The fourth-order valence-corrected chi connectivity index (χ4v) is 2.33. The first-order chi connectivity index (χ1) is 9.15. The molecule has 1 aromatic rings. The Bertz CT molecular complexity index is 439. The van der Waals surface area contributed by atoms with Crippen molar-refractivity contribution in [3.8, 4) is 6.07 Å². The molecular formula is C14H19N3OS. The smallest absolute Gasteiger partial charge is 0.234 e. The first kappa shape index (κ1) is 15.5. The molecule has 0 aliphatic carbocycles. The van der Waals surface area contributed by atoms with Crippen molar-refractivity contribution in [3.63, 3.8) is 0 Å². The van der Waals surface area contributed by atoms with E-state index in [4.69, 9.17) is 11.0 Å². The van der Waals surface area contributed by atoms with Crippen molar-refractivity contribution in [2.24, 2.45) is 5.73 Å². The predicted octanol–water partition coefficient (Wildman–Crippen LogP) is 2.16. The molecule has 1 unspecified atom stereocenters. The molecule has 0 fully saturated rings. The van der Waals surface area contributed by atoms with Gasteiger partial charge in [-0.15, -0.1) is 0 Å². The van der Waals surface area contributed by atoms with Crippen LogP contribution < -0.4 is 11.1 Å². The molecule has 1 aromatic carbocycles. The Morgan fingerprint density at radius 2 is 2.16 bits per heavy atom. The lowest BCUT2D eigenvalue weighted by atomic mass is 10.1. The number of amides is 1. The Hall–Kier alpha value is -1.51. The summed E-state index contributed by atoms with van der Waals surface area (Å²) in [6.45, 7) is 2.04. The maximum absolute atomic E-state index is 11.7. The zero-order chi connectivity index (χ0) is 14.1. The first-order valence-electron chi connectivity index (χ1n) is 6.24. The van der Waals surface area contributed by atoms with Crippen LogP contribution >= 0.6 is 11.8 Å². The van der Waals surface area contributed by atoms with Crippen molar-refractivity contribution in [2.75, 3.05) is 16.8 Å². The van der Waals surface area contributed by atoms with E-state index in [-0.39, 0.29) is 11.9 Å². The van der Waals surface area contributed by atoms with Crippen LogP contribution in [0.15, 0.2) is 24.3 Å². The van der Waals surface area contributed by atoms with Crippen molar-refractivity contribution in [1.29, 1.82) is 5.26 Å². The Kier molecular flexibility index (Phi) is 7.01. The highest BCUT2D eigenvalue weighted by Gasteiger charge is 2.05. The lowest BCUT2D eigenvalue weighted by Crippen LogP contribution is -2.23. The van der Waals surface area contributed by atoms with Crippen LogP contribution in [0.1, 0.15) is 18.9 Å². The van der Waals surface area contributed by atoms with Gasteiger partial charge in [-0.1, -0.05) is 19.1 Å². The number of benzene rings is 1. The van der Waals surface area contributed by atoms with Crippen molar-refractivity contribution in [1.82, 2.24) is 0 Å². The average Bonchev–Trinajstić information content (AvgIpc) is 2.41. The first-order valence-corrected chi connectivity index (χ1v) is 7.40. The van der Waals surface area contributed by atoms with E-state index in [2.05, 4.69) is 11.4 Å². The number of thioether (sulfide) groups is 1. The molecule has 0 spiro atoms. The molecule has 102 valence electrons. The second kappa shape index (κ2) is 8.57. The maximum atomic E-state index is 11.7. The standard InChI is InChI=1S/C14H19N3OS/c1-2-12(16)9-19-10-14(18)17-13-5-3-11(4-6-13)7-8-15/h3-6,12H,2,7,9-10,16H2,1H3,(H,17,18). The summed E-state index contributed by atoms with van der Waals surface area (Å²) < 4.78 is 0. The molecule has 0 aliphatic rings. The number of anilines is 1. The van der Waals surface area contributed by atoms with Gasteiger partial charge in [0.05, 0.1) is 18.2 Å². The second-order valence-corrected chi connectivity index (χ2v) is 5.29. The van der Waals surface area contributed by atoms with E-state index in [9.17, 15) is 4.79 Å². The summed E-state index contributed by atoms with van der Waals surface area (Å²) in [5.74, 6) is 1.18. The number of rotatable bonds is 7. The number of nitrogens with one attached hydrogen (secondary N) is 1. The highest BCUT2D eigenvalue weighted by atomic mass is 32.2. The fourth-order valence-electron chi connectivity index (χ4n) is 1.42. The third-order valence-corrected chi connectivity index (χ3v) is 3.74. The Balaban J connectivity index is 2.34. The number of hydrogen-bond donors (Lipinski definition) is 2. The van der Waals surface area contributed by atoms with E-state index in [1.807, 2.05) is 31.2 Å². The Labute approximate surface area is 118 Å². The molecular weight excluding hydrogens is 258 g/mol. The number of carbonyl (C=O) groups excluding carboxylic acids is 1. The van der Waals surface area contributed by atoms with Gasteiger partial charge in [0, 0.05) is 17.5 Å². The lowest BCUT2D eigenvalue weighted by molar-refractivity contribution is -0.113. The van der Waals surface area contributed by atoms with Crippen molar-refractivity contribution in [3.05, 3.63) is 29.8 Å². The van der Waals surface area contributed by atoms with E-state index < -0.39 is 0 Å². The summed E-state index contributed by atoms with van der Waals surface area (Å²) in [5.41, 5.74) is 7.48. The van der Waals surface area contributed by atoms with Gasteiger partial charge >= 0.3 is 0 Å². The third-order valence-electron chi connectivity index (χ3n) is 2.61. The zero-order valence-corrected chi connectivity index (χ0v) is 11.9. The van der Waals surface area contributed by atoms with Gasteiger partial charge in [-0.2, -0.15) is 17.0 Å². The van der Waals surface area contributed by atoms with Crippen LogP contribution in [0.3, 0.4) is 0 Å². The summed E-state index contributed by atoms with van der Waals surface area (Å²) in [6.07, 6.45) is 1.31. The molecule has 4 nitrogen and oxygen atoms in total. The van der Waals surface area contributed by atoms with E-state index in [0.29, 0.717) is 12.2 Å². The number of nitriles is 1. The van der Waals surface area contributed by atoms with Crippen LogP contribution in [0.2, 0.25) is 0 Å². The summed E-state index contributed by atoms with van der Waals surface area (Å²) in [7, 11) is 0. The second-order valence-electron chi connectivity index (χ2n) is 4.26. The van der Waals surface area contributed by atoms with Crippen molar-refractivity contribution >= 4 is 23.4 Å². The van der Waals surface area contributed by atoms with E-state index in [0.717, 1.165) is 23.4 Å². The summed E-state index contributed by atoms with van der Waals surface area (Å²) in [6, 6.07) is 9.56. The minimum atomic E-state index is -0.0265. The van der Waals surface area contributed by atoms with E-state index in [1.165, 1.54) is 0 Å². The quantitative estimate of drug-likeness (QED) is 0.800. The molecule has 1 atom stereocenters. The lowest BCUT2D eigenvalue weighted by Gasteiger charge is -2.08. The van der Waals surface area contributed by atoms with Gasteiger partial charge in [0.15, 0.2) is 0 Å². The molecule has 1 rings (SSSR count).